The minimum atomic E-state index is -3.75. The number of carbonyl (C=O) groups excluding carboxylic acids is 2. The van der Waals surface area contributed by atoms with E-state index in [2.05, 4.69) is 21.2 Å². The van der Waals surface area contributed by atoms with E-state index in [-0.39, 0.29) is 18.5 Å². The van der Waals surface area contributed by atoms with Crippen LogP contribution in [0.4, 0.5) is 5.69 Å². The van der Waals surface area contributed by atoms with Crippen molar-refractivity contribution in [2.24, 2.45) is 0 Å². The standard InChI is InChI=1S/C26H34BrN3O4S/c1-18-9-5-6-10-21(18)16-29(20(3)26(32)28-22-11-7-8-12-22)25(31)17-30(35(4,33)34)23-13-14-24(27)19(2)15-23/h5-6,9-10,13-15,20,22H,7-8,11-12,16-17H2,1-4H3,(H,28,32). The summed E-state index contributed by atoms with van der Waals surface area (Å²) in [6, 6.07) is 12.2. The zero-order valence-electron chi connectivity index (χ0n) is 20.8. The first-order chi connectivity index (χ1) is 16.5. The molecular formula is C26H34BrN3O4S. The predicted octanol–water partition coefficient (Wildman–Crippen LogP) is 4.31. The summed E-state index contributed by atoms with van der Waals surface area (Å²) in [4.78, 5) is 28.3. The number of sulfonamides is 1. The Hall–Kier alpha value is -2.39. The Kier molecular flexibility index (Phi) is 8.99. The fraction of sp³-hybridized carbons (Fsp3) is 0.462. The lowest BCUT2D eigenvalue weighted by molar-refractivity contribution is -0.139. The van der Waals surface area contributed by atoms with E-state index in [1.165, 1.54) is 4.90 Å². The van der Waals surface area contributed by atoms with Crippen molar-refractivity contribution in [3.63, 3.8) is 0 Å². The van der Waals surface area contributed by atoms with Gasteiger partial charge in [0.05, 0.1) is 11.9 Å². The number of hydrogen-bond donors (Lipinski definition) is 1. The molecule has 1 fully saturated rings. The van der Waals surface area contributed by atoms with Crippen LogP contribution in [0.2, 0.25) is 0 Å². The van der Waals surface area contributed by atoms with Crippen molar-refractivity contribution < 1.29 is 18.0 Å². The van der Waals surface area contributed by atoms with Gasteiger partial charge in [-0.2, -0.15) is 0 Å². The molecule has 7 nitrogen and oxygen atoms in total. The van der Waals surface area contributed by atoms with Gasteiger partial charge in [-0.05, 0) is 68.5 Å². The number of halogens is 1. The van der Waals surface area contributed by atoms with Gasteiger partial charge in [-0.15, -0.1) is 0 Å². The topological polar surface area (TPSA) is 86.8 Å². The Morgan fingerprint density at radius 1 is 1.09 bits per heavy atom. The smallest absolute Gasteiger partial charge is 0.244 e. The van der Waals surface area contributed by atoms with Crippen molar-refractivity contribution in [2.45, 2.75) is 65.1 Å². The SMILES string of the molecule is Cc1cc(N(CC(=O)N(Cc2ccccc2C)C(C)C(=O)NC2CCCC2)S(C)(=O)=O)ccc1Br. The first-order valence-corrected chi connectivity index (χ1v) is 14.5. The van der Waals surface area contributed by atoms with Crippen molar-refractivity contribution in [2.75, 3.05) is 17.1 Å². The minimum Gasteiger partial charge on any atom is -0.352 e. The molecule has 190 valence electrons. The molecule has 0 heterocycles. The largest absolute Gasteiger partial charge is 0.352 e. The van der Waals surface area contributed by atoms with E-state index in [1.807, 2.05) is 38.1 Å². The van der Waals surface area contributed by atoms with E-state index in [4.69, 9.17) is 0 Å². The Morgan fingerprint density at radius 3 is 2.34 bits per heavy atom. The van der Waals surface area contributed by atoms with Crippen molar-refractivity contribution in [3.05, 3.63) is 63.6 Å². The summed E-state index contributed by atoms with van der Waals surface area (Å²) in [5.74, 6) is -0.655. The Labute approximate surface area is 217 Å². The van der Waals surface area contributed by atoms with Gasteiger partial charge in [0, 0.05) is 17.1 Å². The highest BCUT2D eigenvalue weighted by Gasteiger charge is 2.31. The molecule has 2 aromatic rings. The highest BCUT2D eigenvalue weighted by molar-refractivity contribution is 9.10. The first-order valence-electron chi connectivity index (χ1n) is 11.9. The number of anilines is 1. The van der Waals surface area contributed by atoms with Crippen LogP contribution in [0.25, 0.3) is 0 Å². The summed E-state index contributed by atoms with van der Waals surface area (Å²) in [5.41, 5.74) is 3.16. The third-order valence-electron chi connectivity index (χ3n) is 6.58. The number of rotatable bonds is 9. The van der Waals surface area contributed by atoms with E-state index in [0.29, 0.717) is 5.69 Å². The Bertz CT molecular complexity index is 1180. The summed E-state index contributed by atoms with van der Waals surface area (Å²) in [6.45, 7) is 5.33. The summed E-state index contributed by atoms with van der Waals surface area (Å²) < 4.78 is 27.3. The maximum absolute atomic E-state index is 13.7. The van der Waals surface area contributed by atoms with E-state index < -0.39 is 28.5 Å². The van der Waals surface area contributed by atoms with Gasteiger partial charge in [0.1, 0.15) is 12.6 Å². The van der Waals surface area contributed by atoms with Gasteiger partial charge in [0.15, 0.2) is 0 Å². The number of hydrogen-bond acceptors (Lipinski definition) is 4. The molecule has 35 heavy (non-hydrogen) atoms. The molecule has 0 spiro atoms. The molecule has 0 aliphatic heterocycles. The average molecular weight is 565 g/mol. The van der Waals surface area contributed by atoms with E-state index in [9.17, 15) is 18.0 Å². The zero-order chi connectivity index (χ0) is 25.8. The third kappa shape index (κ3) is 7.07. The molecule has 1 aliphatic rings. The van der Waals surface area contributed by atoms with Gasteiger partial charge >= 0.3 is 0 Å². The molecule has 0 bridgehead atoms. The normalized spacial score (nSPS) is 15.0. The van der Waals surface area contributed by atoms with Crippen LogP contribution in [0.3, 0.4) is 0 Å². The Morgan fingerprint density at radius 2 is 1.74 bits per heavy atom. The lowest BCUT2D eigenvalue weighted by Crippen LogP contribution is -2.52. The third-order valence-corrected chi connectivity index (χ3v) is 8.61. The number of aryl methyl sites for hydroxylation is 2. The molecule has 2 aromatic carbocycles. The van der Waals surface area contributed by atoms with Gasteiger partial charge in [-0.1, -0.05) is 53.0 Å². The van der Waals surface area contributed by atoms with Crippen LogP contribution in [0.5, 0.6) is 0 Å². The van der Waals surface area contributed by atoms with Crippen LogP contribution < -0.4 is 9.62 Å². The van der Waals surface area contributed by atoms with Crippen LogP contribution in [-0.4, -0.2) is 50.0 Å². The summed E-state index contributed by atoms with van der Waals surface area (Å²) in [5, 5.41) is 3.07. The predicted molar refractivity (Wildman–Crippen MR) is 143 cm³/mol. The lowest BCUT2D eigenvalue weighted by Gasteiger charge is -2.32. The van der Waals surface area contributed by atoms with Crippen LogP contribution in [0.1, 0.15) is 49.3 Å². The van der Waals surface area contributed by atoms with Crippen LogP contribution in [-0.2, 0) is 26.2 Å². The maximum Gasteiger partial charge on any atom is 0.244 e. The molecular weight excluding hydrogens is 530 g/mol. The lowest BCUT2D eigenvalue weighted by atomic mass is 10.1. The second kappa shape index (κ2) is 11.6. The van der Waals surface area contributed by atoms with E-state index in [1.54, 1.807) is 25.1 Å². The van der Waals surface area contributed by atoms with Gasteiger partial charge in [-0.25, -0.2) is 8.42 Å². The molecule has 1 aliphatic carbocycles. The van der Waals surface area contributed by atoms with Gasteiger partial charge in [-0.3, -0.25) is 13.9 Å². The molecule has 0 saturated heterocycles. The van der Waals surface area contributed by atoms with Gasteiger partial charge < -0.3 is 10.2 Å². The average Bonchev–Trinajstić information content (AvgIpc) is 3.30. The van der Waals surface area contributed by atoms with Crippen molar-refractivity contribution >= 4 is 43.5 Å². The highest BCUT2D eigenvalue weighted by Crippen LogP contribution is 2.25. The number of nitrogens with zero attached hydrogens (tertiary/aromatic N) is 2. The van der Waals surface area contributed by atoms with Crippen molar-refractivity contribution in [1.82, 2.24) is 10.2 Å². The number of benzene rings is 2. The molecule has 2 amide bonds. The highest BCUT2D eigenvalue weighted by atomic mass is 79.9. The quantitative estimate of drug-likeness (QED) is 0.492. The number of carbonyl (C=O) groups is 2. The first kappa shape index (κ1) is 27.2. The maximum atomic E-state index is 13.7. The summed E-state index contributed by atoms with van der Waals surface area (Å²) in [6.07, 6.45) is 5.13. The van der Waals surface area contributed by atoms with E-state index >= 15 is 0 Å². The number of amides is 2. The van der Waals surface area contributed by atoms with Crippen LogP contribution in [0, 0.1) is 13.8 Å². The molecule has 1 N–H and O–H groups in total. The summed E-state index contributed by atoms with van der Waals surface area (Å²) in [7, 11) is -3.75. The second-order valence-electron chi connectivity index (χ2n) is 9.32. The second-order valence-corrected chi connectivity index (χ2v) is 12.1. The monoisotopic (exact) mass is 563 g/mol. The molecule has 3 rings (SSSR count). The van der Waals surface area contributed by atoms with E-state index in [0.717, 1.165) is 57.4 Å². The van der Waals surface area contributed by atoms with Crippen LogP contribution in [0.15, 0.2) is 46.9 Å². The van der Waals surface area contributed by atoms with Crippen LogP contribution >= 0.6 is 15.9 Å². The summed E-state index contributed by atoms with van der Waals surface area (Å²) >= 11 is 3.43. The minimum absolute atomic E-state index is 0.124. The fourth-order valence-corrected chi connectivity index (χ4v) is 5.43. The molecule has 1 atom stereocenters. The molecule has 0 aromatic heterocycles. The van der Waals surface area contributed by atoms with Crippen molar-refractivity contribution in [3.8, 4) is 0 Å². The van der Waals surface area contributed by atoms with Gasteiger partial charge in [0.25, 0.3) is 0 Å². The zero-order valence-corrected chi connectivity index (χ0v) is 23.2. The molecule has 9 heteroatoms. The molecule has 1 saturated carbocycles. The number of nitrogens with one attached hydrogen (secondary N) is 1. The van der Waals surface area contributed by atoms with Crippen molar-refractivity contribution in [1.29, 1.82) is 0 Å². The van der Waals surface area contributed by atoms with Gasteiger partial charge in [0.2, 0.25) is 21.8 Å². The molecule has 1 unspecified atom stereocenters. The Balaban J connectivity index is 1.90. The molecule has 0 radical (unpaired) electrons. The fourth-order valence-electron chi connectivity index (χ4n) is 4.34.